The summed E-state index contributed by atoms with van der Waals surface area (Å²) in [6.45, 7) is -0.976. The van der Waals surface area contributed by atoms with Gasteiger partial charge in [0.25, 0.3) is 0 Å². The molecular formula is C9H18BF3O3. The molecule has 0 atom stereocenters. The van der Waals surface area contributed by atoms with E-state index in [1.54, 1.807) is 0 Å². The minimum absolute atomic E-state index is 0.159. The Labute approximate surface area is 94.4 Å². The van der Waals surface area contributed by atoms with E-state index >= 15 is 0 Å². The molecule has 0 aromatic carbocycles. The monoisotopic (exact) mass is 242 g/mol. The van der Waals surface area contributed by atoms with E-state index in [2.05, 4.69) is 0 Å². The van der Waals surface area contributed by atoms with E-state index in [9.17, 15) is 13.2 Å². The van der Waals surface area contributed by atoms with Crippen molar-refractivity contribution in [1.82, 2.24) is 0 Å². The first-order valence-electron chi connectivity index (χ1n) is 5.37. The van der Waals surface area contributed by atoms with Crippen LogP contribution in [0.3, 0.4) is 0 Å². The molecule has 0 aliphatic heterocycles. The fourth-order valence-electron chi connectivity index (χ4n) is 0.847. The maximum absolute atomic E-state index is 11.8. The van der Waals surface area contributed by atoms with Crippen LogP contribution in [0.4, 0.5) is 13.2 Å². The van der Waals surface area contributed by atoms with Gasteiger partial charge in [0.1, 0.15) is 0 Å². The summed E-state index contributed by atoms with van der Waals surface area (Å²) in [5.41, 5.74) is 0. The molecule has 0 aromatic heterocycles. The molecule has 0 saturated heterocycles. The van der Waals surface area contributed by atoms with Crippen LogP contribution in [0.5, 0.6) is 0 Å². The van der Waals surface area contributed by atoms with Gasteiger partial charge < -0.3 is 14.0 Å². The summed E-state index contributed by atoms with van der Waals surface area (Å²) < 4.78 is 50.5. The highest BCUT2D eigenvalue weighted by atomic mass is 19.1. The van der Waals surface area contributed by atoms with Gasteiger partial charge in [-0.2, -0.15) is 0 Å². The number of halogens is 3. The van der Waals surface area contributed by atoms with Crippen LogP contribution in [0.15, 0.2) is 0 Å². The lowest BCUT2D eigenvalue weighted by atomic mass is 10.2. The molecule has 0 bridgehead atoms. The highest BCUT2D eigenvalue weighted by Crippen LogP contribution is 1.98. The van der Waals surface area contributed by atoms with Gasteiger partial charge in [0.05, 0.1) is 20.0 Å². The summed E-state index contributed by atoms with van der Waals surface area (Å²) in [4.78, 5) is 0. The van der Waals surface area contributed by atoms with Crippen LogP contribution >= 0.6 is 0 Å². The molecule has 0 saturated carbocycles. The van der Waals surface area contributed by atoms with E-state index in [1.165, 1.54) is 0 Å². The maximum atomic E-state index is 11.8. The van der Waals surface area contributed by atoms with Gasteiger partial charge in [0.15, 0.2) is 0 Å². The van der Waals surface area contributed by atoms with Crippen LogP contribution in [0, 0.1) is 0 Å². The molecule has 3 nitrogen and oxygen atoms in total. The van der Waals surface area contributed by atoms with Crippen LogP contribution in [-0.4, -0.2) is 47.2 Å². The second-order valence-electron chi connectivity index (χ2n) is 3.03. The van der Waals surface area contributed by atoms with E-state index in [1.807, 2.05) is 0 Å². The minimum atomic E-state index is -0.954. The van der Waals surface area contributed by atoms with Crippen LogP contribution in [0.25, 0.3) is 0 Å². The molecule has 0 amide bonds. The third kappa shape index (κ3) is 10.3. The SMILES string of the molecule is FCCCOB(OCCCF)OCCCF. The molecule has 0 unspecified atom stereocenters. The van der Waals surface area contributed by atoms with Gasteiger partial charge in [-0.3, -0.25) is 13.2 Å². The molecule has 0 heterocycles. The van der Waals surface area contributed by atoms with Crippen molar-refractivity contribution in [3.63, 3.8) is 0 Å². The number of alkyl halides is 3. The molecule has 0 rings (SSSR count). The number of hydrogen-bond donors (Lipinski definition) is 0. The third-order valence-corrected chi connectivity index (χ3v) is 1.60. The quantitative estimate of drug-likeness (QED) is 0.387. The first-order valence-corrected chi connectivity index (χ1v) is 5.37. The standard InChI is InChI=1S/C9H18BF3O3/c11-4-1-7-14-10(15-8-2-5-12)16-9-3-6-13/h1-9H2. The fourth-order valence-corrected chi connectivity index (χ4v) is 0.847. The Kier molecular flexibility index (Phi) is 12.6. The second kappa shape index (κ2) is 12.8. The molecular weight excluding hydrogens is 224 g/mol. The summed E-state index contributed by atoms with van der Waals surface area (Å²) in [7, 11) is -0.954. The first kappa shape index (κ1) is 15.7. The summed E-state index contributed by atoms with van der Waals surface area (Å²) in [5, 5.41) is 0. The molecule has 0 aliphatic rings. The molecule has 7 heteroatoms. The van der Waals surface area contributed by atoms with Crippen LogP contribution in [0.2, 0.25) is 0 Å². The lowest BCUT2D eigenvalue weighted by Gasteiger charge is -2.13. The van der Waals surface area contributed by atoms with Gasteiger partial charge >= 0.3 is 7.32 Å². The zero-order valence-electron chi connectivity index (χ0n) is 9.30. The van der Waals surface area contributed by atoms with E-state index in [0.717, 1.165) is 0 Å². The Hall–Kier alpha value is -0.265. The molecule has 0 fully saturated rings. The Morgan fingerprint density at radius 3 is 1.19 bits per heavy atom. The summed E-state index contributed by atoms with van der Waals surface area (Å²) >= 11 is 0. The highest BCUT2D eigenvalue weighted by molar-refractivity contribution is 6.36. The molecule has 0 radical (unpaired) electrons. The molecule has 0 N–H and O–H groups in total. The fraction of sp³-hybridized carbons (Fsp3) is 1.00. The number of hydrogen-bond acceptors (Lipinski definition) is 3. The Morgan fingerprint density at radius 1 is 0.625 bits per heavy atom. The van der Waals surface area contributed by atoms with Crippen molar-refractivity contribution >= 4 is 7.32 Å². The molecule has 0 spiro atoms. The maximum Gasteiger partial charge on any atom is 0.639 e. The summed E-state index contributed by atoms with van der Waals surface area (Å²) in [6.07, 6.45) is 0.736. The zero-order chi connectivity index (χ0) is 12.1. The van der Waals surface area contributed by atoms with Crippen LogP contribution in [-0.2, 0) is 14.0 Å². The van der Waals surface area contributed by atoms with Gasteiger partial charge in [0, 0.05) is 19.8 Å². The van der Waals surface area contributed by atoms with Crippen molar-refractivity contribution in [1.29, 1.82) is 0 Å². The first-order chi connectivity index (χ1) is 7.85. The predicted octanol–water partition coefficient (Wildman–Crippen LogP) is 2.10. The van der Waals surface area contributed by atoms with Crippen molar-refractivity contribution in [2.24, 2.45) is 0 Å². The zero-order valence-corrected chi connectivity index (χ0v) is 9.30. The summed E-state index contributed by atoms with van der Waals surface area (Å²) in [6, 6.07) is 0. The lowest BCUT2D eigenvalue weighted by molar-refractivity contribution is 0.0859. The van der Waals surface area contributed by atoms with Gasteiger partial charge in [-0.15, -0.1) is 0 Å². The smallest absolute Gasteiger partial charge is 0.386 e. The predicted molar refractivity (Wildman–Crippen MR) is 55.4 cm³/mol. The lowest BCUT2D eigenvalue weighted by Crippen LogP contribution is -2.29. The van der Waals surface area contributed by atoms with Crippen molar-refractivity contribution < 1.29 is 27.1 Å². The van der Waals surface area contributed by atoms with Gasteiger partial charge in [-0.25, -0.2) is 0 Å². The Morgan fingerprint density at radius 2 is 0.938 bits per heavy atom. The van der Waals surface area contributed by atoms with Gasteiger partial charge in [-0.05, 0) is 19.3 Å². The topological polar surface area (TPSA) is 27.7 Å². The average Bonchev–Trinajstić information content (AvgIpc) is 2.29. The second-order valence-corrected chi connectivity index (χ2v) is 3.03. The largest absolute Gasteiger partial charge is 0.639 e. The van der Waals surface area contributed by atoms with Crippen molar-refractivity contribution in [2.75, 3.05) is 39.8 Å². The van der Waals surface area contributed by atoms with E-state index in [-0.39, 0.29) is 39.1 Å². The molecule has 96 valence electrons. The normalized spacial score (nSPS) is 10.7. The van der Waals surface area contributed by atoms with Crippen LogP contribution in [0.1, 0.15) is 19.3 Å². The Balaban J connectivity index is 3.58. The molecule has 0 aromatic rings. The molecule has 0 aliphatic carbocycles. The minimum Gasteiger partial charge on any atom is -0.386 e. The highest BCUT2D eigenvalue weighted by Gasteiger charge is 2.20. The Bertz CT molecular complexity index is 119. The van der Waals surface area contributed by atoms with Crippen molar-refractivity contribution in [3.05, 3.63) is 0 Å². The van der Waals surface area contributed by atoms with E-state index < -0.39 is 27.3 Å². The van der Waals surface area contributed by atoms with E-state index in [0.29, 0.717) is 0 Å². The van der Waals surface area contributed by atoms with Crippen molar-refractivity contribution in [3.8, 4) is 0 Å². The van der Waals surface area contributed by atoms with Gasteiger partial charge in [-0.1, -0.05) is 0 Å². The van der Waals surface area contributed by atoms with E-state index in [4.69, 9.17) is 14.0 Å². The van der Waals surface area contributed by atoms with Crippen molar-refractivity contribution in [2.45, 2.75) is 19.3 Å². The van der Waals surface area contributed by atoms with Crippen LogP contribution < -0.4 is 0 Å². The third-order valence-electron chi connectivity index (χ3n) is 1.60. The number of rotatable bonds is 12. The summed E-state index contributed by atoms with van der Waals surface area (Å²) in [5.74, 6) is 0. The van der Waals surface area contributed by atoms with Gasteiger partial charge in [0.2, 0.25) is 0 Å². The molecule has 16 heavy (non-hydrogen) atoms. The average molecular weight is 242 g/mol.